The van der Waals surface area contributed by atoms with Crippen LogP contribution in [-0.4, -0.2) is 12.0 Å². The molecule has 5 rings (SSSR count). The summed E-state index contributed by atoms with van der Waals surface area (Å²) in [7, 11) is 0. The van der Waals surface area contributed by atoms with Gasteiger partial charge >= 0.3 is 12.0 Å². The third kappa shape index (κ3) is 12.5. The Hall–Kier alpha value is -2.65. The van der Waals surface area contributed by atoms with Gasteiger partial charge in [0.2, 0.25) is 0 Å². The summed E-state index contributed by atoms with van der Waals surface area (Å²) in [4.78, 5) is 4.55. The van der Waals surface area contributed by atoms with E-state index in [1.54, 1.807) is 0 Å². The molecule has 5 aromatic rings. The minimum Gasteiger partial charge on any atom is -0.315 e. The van der Waals surface area contributed by atoms with Crippen molar-refractivity contribution in [1.29, 1.82) is 0 Å². The smallest absolute Gasteiger partial charge is 0.315 e. The fourth-order valence-electron chi connectivity index (χ4n) is 6.06. The van der Waals surface area contributed by atoms with Crippen LogP contribution in [-0.2, 0) is 6.42 Å². The molecule has 0 N–H and O–H groups in total. The normalized spacial score (nSPS) is 12.5. The first-order valence-corrected chi connectivity index (χ1v) is 27.8. The van der Waals surface area contributed by atoms with E-state index in [0.29, 0.717) is 12.1 Å². The van der Waals surface area contributed by atoms with Crippen LogP contribution in [0.1, 0.15) is 38.7 Å². The first kappa shape index (κ1) is 40.5. The number of benzene rings is 5. The van der Waals surface area contributed by atoms with Crippen molar-refractivity contribution in [2.24, 2.45) is 0 Å². The number of hydrogen-bond donors (Lipinski definition) is 0. The maximum atomic E-state index is 6.10. The molecule has 0 saturated carbocycles. The second kappa shape index (κ2) is 19.1. The van der Waals surface area contributed by atoms with Crippen molar-refractivity contribution < 1.29 is 0 Å². The van der Waals surface area contributed by atoms with Crippen molar-refractivity contribution in [3.63, 3.8) is 0 Å². The molecular weight excluding hydrogens is 801 g/mol. The van der Waals surface area contributed by atoms with Crippen molar-refractivity contribution in [2.75, 3.05) is 9.80 Å². The van der Waals surface area contributed by atoms with Gasteiger partial charge in [-0.1, -0.05) is 84.4 Å². The second-order valence-electron chi connectivity index (χ2n) is 12.9. The lowest BCUT2D eigenvalue weighted by Gasteiger charge is -2.26. The summed E-state index contributed by atoms with van der Waals surface area (Å²) in [6, 6.07) is 43.2. The number of rotatable bonds is 16. The van der Waals surface area contributed by atoms with Crippen LogP contribution in [0.5, 0.6) is 0 Å². The highest BCUT2D eigenvalue weighted by molar-refractivity contribution is 7.65. The molecule has 0 atom stereocenters. The number of hydrogen-bond acceptors (Lipinski definition) is 2. The van der Waals surface area contributed by atoms with Crippen molar-refractivity contribution in [3.05, 3.63) is 162 Å². The molecule has 0 aliphatic rings. The number of aryl methyl sites for hydroxylation is 1. The Bertz CT molecular complexity index is 1910. The summed E-state index contributed by atoms with van der Waals surface area (Å²) in [5.74, 6) is 0. The summed E-state index contributed by atoms with van der Waals surface area (Å²) >= 11 is 36.5. The Morgan fingerprint density at radius 2 is 0.923 bits per heavy atom. The van der Waals surface area contributed by atoms with E-state index in [4.69, 9.17) is 66.5 Å². The highest BCUT2D eigenvalue weighted by Crippen LogP contribution is 2.37. The van der Waals surface area contributed by atoms with Crippen LogP contribution in [0.15, 0.2) is 157 Å². The second-order valence-corrected chi connectivity index (χ2v) is 31.4. The summed E-state index contributed by atoms with van der Waals surface area (Å²) in [5.41, 5.74) is 11.3. The van der Waals surface area contributed by atoms with Gasteiger partial charge in [0.15, 0.2) is 0 Å². The predicted octanol–water partition coefficient (Wildman–Crippen LogP) is 15.8. The van der Waals surface area contributed by atoms with Gasteiger partial charge in [0.05, 0.1) is 0 Å². The van der Waals surface area contributed by atoms with Crippen molar-refractivity contribution in [3.8, 4) is 11.1 Å². The minimum atomic E-state index is -2.60. The van der Waals surface area contributed by atoms with Gasteiger partial charge < -0.3 is 9.80 Å². The average Bonchev–Trinajstić information content (AvgIpc) is 3.12. The summed E-state index contributed by atoms with van der Waals surface area (Å²) in [6.07, 6.45) is 7.88. The SMILES string of the molecule is C/C(=C\C=C(/C)N(c1ccccc1)c1ccc(-c2ccc(N(c3ccccc3)c3ccc(CCC[Si](Cl)(Cl)Cl)cc3)cc2)cc1)CCC[Si](Cl)(Cl)Cl. The molecule has 270 valence electrons. The van der Waals surface area contributed by atoms with E-state index in [9.17, 15) is 0 Å². The lowest BCUT2D eigenvalue weighted by molar-refractivity contribution is 0.899. The van der Waals surface area contributed by atoms with Crippen LogP contribution in [0.3, 0.4) is 0 Å². The molecule has 0 aliphatic heterocycles. The van der Waals surface area contributed by atoms with Crippen LogP contribution in [0, 0.1) is 0 Å². The van der Waals surface area contributed by atoms with E-state index >= 15 is 0 Å². The fraction of sp³-hybridized carbons (Fsp3) is 0.190. The van der Waals surface area contributed by atoms with Gasteiger partial charge in [-0.25, -0.2) is 0 Å². The van der Waals surface area contributed by atoms with E-state index in [1.807, 2.05) is 12.1 Å². The summed E-state index contributed by atoms with van der Waals surface area (Å²) in [5, 5.41) is 0. The number of allylic oxidation sites excluding steroid dienone is 4. The number of nitrogens with zero attached hydrogens (tertiary/aromatic N) is 2. The molecule has 0 bridgehead atoms. The lowest BCUT2D eigenvalue weighted by atomic mass is 10.0. The van der Waals surface area contributed by atoms with Crippen molar-refractivity contribution in [1.82, 2.24) is 0 Å². The molecule has 0 aliphatic carbocycles. The third-order valence-electron chi connectivity index (χ3n) is 8.73. The van der Waals surface area contributed by atoms with Gasteiger partial charge in [-0.2, -0.15) is 0 Å². The first-order valence-electron chi connectivity index (χ1n) is 17.3. The van der Waals surface area contributed by atoms with Crippen LogP contribution >= 0.6 is 66.5 Å². The monoisotopic (exact) mass is 840 g/mol. The summed E-state index contributed by atoms with van der Waals surface area (Å²) < 4.78 is 0. The number of para-hydroxylation sites is 2. The molecule has 5 aromatic carbocycles. The lowest BCUT2D eigenvalue weighted by Crippen LogP contribution is -2.14. The molecule has 0 amide bonds. The Labute approximate surface area is 339 Å². The molecular formula is C42H42Cl6N2Si2. The van der Waals surface area contributed by atoms with E-state index in [-0.39, 0.29) is 0 Å². The van der Waals surface area contributed by atoms with Crippen LogP contribution in [0.4, 0.5) is 28.4 Å². The number of anilines is 5. The minimum absolute atomic E-state index is 0.660. The highest BCUT2D eigenvalue weighted by atomic mass is 35.8. The molecule has 0 radical (unpaired) electrons. The van der Waals surface area contributed by atoms with Gasteiger partial charge in [-0.15, -0.1) is 66.5 Å². The van der Waals surface area contributed by atoms with Crippen molar-refractivity contribution >= 4 is 107 Å². The van der Waals surface area contributed by atoms with Gasteiger partial charge in [-0.3, -0.25) is 0 Å². The zero-order valence-corrected chi connectivity index (χ0v) is 35.8. The number of halogens is 6. The fourth-order valence-corrected chi connectivity index (χ4v) is 9.62. The quantitative estimate of drug-likeness (QED) is 0.0555. The van der Waals surface area contributed by atoms with Gasteiger partial charge in [-0.05, 0) is 135 Å². The molecule has 0 spiro atoms. The molecule has 0 saturated heterocycles. The molecule has 10 heteroatoms. The zero-order chi connectivity index (χ0) is 37.1. The van der Waals surface area contributed by atoms with E-state index in [1.165, 1.54) is 11.1 Å². The van der Waals surface area contributed by atoms with Crippen LogP contribution < -0.4 is 9.80 Å². The molecule has 0 heterocycles. The third-order valence-corrected chi connectivity index (χ3v) is 14.0. The highest BCUT2D eigenvalue weighted by Gasteiger charge is 2.24. The Balaban J connectivity index is 1.35. The molecule has 2 nitrogen and oxygen atoms in total. The summed E-state index contributed by atoms with van der Waals surface area (Å²) in [6.45, 7) is 4.27. The Morgan fingerprint density at radius 3 is 1.44 bits per heavy atom. The Morgan fingerprint density at radius 1 is 0.500 bits per heavy atom. The molecule has 0 fully saturated rings. The van der Waals surface area contributed by atoms with Crippen LogP contribution in [0.25, 0.3) is 11.1 Å². The van der Waals surface area contributed by atoms with Gasteiger partial charge in [0, 0.05) is 34.1 Å². The van der Waals surface area contributed by atoms with Crippen LogP contribution in [0.2, 0.25) is 12.1 Å². The maximum absolute atomic E-state index is 6.10. The Kier molecular flexibility index (Phi) is 14.9. The molecule has 0 aromatic heterocycles. The average molecular weight is 844 g/mol. The van der Waals surface area contributed by atoms with Crippen molar-refractivity contribution in [2.45, 2.75) is 51.6 Å². The maximum Gasteiger partial charge on any atom is 0.341 e. The standard InChI is InChI=1S/C42H42Cl6N2Si2/c1-33(11-9-31-51(43,44)45)17-18-34(2)49(38-13-5-3-6-14-38)40-27-21-36(22-28-40)37-23-29-42(30-24-37)50(39-15-7-4-8-16-39)41-25-19-35(20-26-41)12-10-32-52(46,47)48/h3-8,13-30H,9-12,31-32H2,1-2H3/b33-17+,34-18+. The van der Waals surface area contributed by atoms with E-state index in [0.717, 1.165) is 70.9 Å². The zero-order valence-electron chi connectivity index (χ0n) is 29.3. The van der Waals surface area contributed by atoms with E-state index in [2.05, 4.69) is 157 Å². The predicted molar refractivity (Wildman–Crippen MR) is 236 cm³/mol. The topological polar surface area (TPSA) is 6.48 Å². The largest absolute Gasteiger partial charge is 0.341 e. The molecule has 52 heavy (non-hydrogen) atoms. The van der Waals surface area contributed by atoms with Gasteiger partial charge in [0.1, 0.15) is 0 Å². The van der Waals surface area contributed by atoms with E-state index < -0.39 is 12.0 Å². The van der Waals surface area contributed by atoms with Gasteiger partial charge in [0.25, 0.3) is 0 Å². The first-order chi connectivity index (χ1) is 24.9. The molecule has 0 unspecified atom stereocenters.